The number of benzene rings is 1. The van der Waals surface area contributed by atoms with Crippen LogP contribution in [0.4, 0.5) is 4.39 Å². The molecular weight excluding hydrogens is 225 g/mol. The molecule has 0 spiro atoms. The fraction of sp³-hybridized carbons (Fsp3) is 0.250. The fourth-order valence-corrected chi connectivity index (χ4v) is 1.94. The van der Waals surface area contributed by atoms with Crippen LogP contribution < -0.4 is 4.74 Å². The number of hydrogen-bond acceptors (Lipinski definition) is 2. The number of aromatic nitrogens is 1. The number of aryl methyl sites for hydroxylation is 1. The first kappa shape index (κ1) is 11.4. The lowest BCUT2D eigenvalue weighted by Gasteiger charge is -2.06. The van der Waals surface area contributed by atoms with Gasteiger partial charge in [-0.25, -0.2) is 9.18 Å². The van der Waals surface area contributed by atoms with Crippen LogP contribution in [0.25, 0.3) is 10.9 Å². The van der Waals surface area contributed by atoms with E-state index in [0.29, 0.717) is 17.4 Å². The maximum atomic E-state index is 13.5. The number of fused-ring (bicyclic) bond motifs is 1. The zero-order chi connectivity index (χ0) is 12.6. The predicted octanol–water partition coefficient (Wildman–Crippen LogP) is 2.51. The molecule has 2 aromatic rings. The molecule has 0 aliphatic carbocycles. The van der Waals surface area contributed by atoms with Crippen molar-refractivity contribution in [3.8, 4) is 5.75 Å². The van der Waals surface area contributed by atoms with Crippen LogP contribution in [-0.2, 0) is 6.54 Å². The van der Waals surface area contributed by atoms with Gasteiger partial charge in [0.05, 0.1) is 12.6 Å². The van der Waals surface area contributed by atoms with Crippen molar-refractivity contribution in [3.05, 3.63) is 29.7 Å². The van der Waals surface area contributed by atoms with E-state index in [4.69, 9.17) is 9.84 Å². The SMILES string of the molecule is CCn1c(C(=O)O)cc2cc(F)c(OC)cc21. The van der Waals surface area contributed by atoms with E-state index in [1.807, 2.05) is 6.92 Å². The highest BCUT2D eigenvalue weighted by Crippen LogP contribution is 2.27. The van der Waals surface area contributed by atoms with Crippen LogP contribution in [-0.4, -0.2) is 22.8 Å². The minimum absolute atomic E-state index is 0.113. The molecule has 0 radical (unpaired) electrons. The molecule has 0 unspecified atom stereocenters. The van der Waals surface area contributed by atoms with Gasteiger partial charge in [0.1, 0.15) is 5.69 Å². The van der Waals surface area contributed by atoms with Crippen molar-refractivity contribution in [2.45, 2.75) is 13.5 Å². The maximum Gasteiger partial charge on any atom is 0.352 e. The summed E-state index contributed by atoms with van der Waals surface area (Å²) >= 11 is 0. The lowest BCUT2D eigenvalue weighted by atomic mass is 10.2. The van der Waals surface area contributed by atoms with Crippen LogP contribution >= 0.6 is 0 Å². The van der Waals surface area contributed by atoms with Crippen molar-refractivity contribution in [2.24, 2.45) is 0 Å². The topological polar surface area (TPSA) is 51.5 Å². The molecule has 0 saturated carbocycles. The van der Waals surface area contributed by atoms with Gasteiger partial charge in [0.25, 0.3) is 0 Å². The van der Waals surface area contributed by atoms with Crippen molar-refractivity contribution in [1.29, 1.82) is 0 Å². The number of aromatic carboxylic acids is 1. The Bertz CT molecular complexity index is 589. The zero-order valence-electron chi connectivity index (χ0n) is 9.53. The number of methoxy groups -OCH3 is 1. The van der Waals surface area contributed by atoms with Gasteiger partial charge in [0, 0.05) is 18.0 Å². The molecule has 0 saturated heterocycles. The minimum Gasteiger partial charge on any atom is -0.494 e. The van der Waals surface area contributed by atoms with E-state index < -0.39 is 11.8 Å². The van der Waals surface area contributed by atoms with E-state index in [-0.39, 0.29) is 11.4 Å². The Morgan fingerprint density at radius 2 is 2.18 bits per heavy atom. The number of hydrogen-bond donors (Lipinski definition) is 1. The Labute approximate surface area is 97.2 Å². The zero-order valence-corrected chi connectivity index (χ0v) is 9.53. The number of carbonyl (C=O) groups is 1. The van der Waals surface area contributed by atoms with Crippen molar-refractivity contribution < 1.29 is 19.0 Å². The Morgan fingerprint density at radius 1 is 1.47 bits per heavy atom. The van der Waals surface area contributed by atoms with E-state index in [1.165, 1.54) is 25.3 Å². The molecule has 5 heteroatoms. The molecule has 0 atom stereocenters. The Hall–Kier alpha value is -2.04. The molecule has 0 fully saturated rings. The molecular formula is C12H12FNO3. The normalized spacial score (nSPS) is 10.8. The Balaban J connectivity index is 2.78. The van der Waals surface area contributed by atoms with E-state index in [9.17, 15) is 9.18 Å². The molecule has 1 N–H and O–H groups in total. The highest BCUT2D eigenvalue weighted by atomic mass is 19.1. The van der Waals surface area contributed by atoms with Gasteiger partial charge >= 0.3 is 5.97 Å². The first-order chi connectivity index (χ1) is 8.08. The summed E-state index contributed by atoms with van der Waals surface area (Å²) in [5, 5.41) is 9.61. The van der Waals surface area contributed by atoms with Gasteiger partial charge in [-0.3, -0.25) is 0 Å². The fourth-order valence-electron chi connectivity index (χ4n) is 1.94. The van der Waals surface area contributed by atoms with E-state index in [1.54, 1.807) is 4.57 Å². The highest BCUT2D eigenvalue weighted by Gasteiger charge is 2.15. The summed E-state index contributed by atoms with van der Waals surface area (Å²) in [6, 6.07) is 4.26. The number of ether oxygens (including phenoxy) is 1. The number of nitrogens with zero attached hydrogens (tertiary/aromatic N) is 1. The molecule has 1 aromatic heterocycles. The van der Waals surface area contributed by atoms with E-state index in [2.05, 4.69) is 0 Å². The van der Waals surface area contributed by atoms with Crippen molar-refractivity contribution in [2.75, 3.05) is 7.11 Å². The highest BCUT2D eigenvalue weighted by molar-refractivity contribution is 5.95. The number of carboxylic acids is 1. The van der Waals surface area contributed by atoms with Gasteiger partial charge in [-0.2, -0.15) is 0 Å². The number of halogens is 1. The third-order valence-electron chi connectivity index (χ3n) is 2.71. The van der Waals surface area contributed by atoms with Crippen molar-refractivity contribution in [1.82, 2.24) is 4.57 Å². The van der Waals surface area contributed by atoms with Crippen LogP contribution in [0, 0.1) is 5.82 Å². The summed E-state index contributed by atoms with van der Waals surface area (Å²) in [6.45, 7) is 2.33. The Kier molecular flexibility index (Phi) is 2.75. The molecule has 4 nitrogen and oxygen atoms in total. The second-order valence-corrected chi connectivity index (χ2v) is 3.62. The largest absolute Gasteiger partial charge is 0.494 e. The molecule has 1 heterocycles. The van der Waals surface area contributed by atoms with Gasteiger partial charge in [-0.1, -0.05) is 0 Å². The third kappa shape index (κ3) is 1.73. The summed E-state index contributed by atoms with van der Waals surface area (Å²) in [5.41, 5.74) is 0.804. The molecule has 0 bridgehead atoms. The van der Waals surface area contributed by atoms with E-state index in [0.717, 1.165) is 0 Å². The average molecular weight is 237 g/mol. The predicted molar refractivity (Wildman–Crippen MR) is 61.1 cm³/mol. The molecule has 90 valence electrons. The lowest BCUT2D eigenvalue weighted by molar-refractivity contribution is 0.0686. The average Bonchev–Trinajstić information content (AvgIpc) is 2.65. The lowest BCUT2D eigenvalue weighted by Crippen LogP contribution is -2.06. The van der Waals surface area contributed by atoms with Crippen molar-refractivity contribution >= 4 is 16.9 Å². The molecule has 0 aliphatic rings. The molecule has 0 aliphatic heterocycles. The second kappa shape index (κ2) is 4.08. The van der Waals surface area contributed by atoms with Crippen molar-refractivity contribution in [3.63, 3.8) is 0 Å². The van der Waals surface area contributed by atoms with Crippen LogP contribution in [0.5, 0.6) is 5.75 Å². The van der Waals surface area contributed by atoms with Crippen LogP contribution in [0.3, 0.4) is 0 Å². The first-order valence-electron chi connectivity index (χ1n) is 5.18. The van der Waals surface area contributed by atoms with Crippen LogP contribution in [0.2, 0.25) is 0 Å². The summed E-state index contributed by atoms with van der Waals surface area (Å²) in [7, 11) is 1.38. The third-order valence-corrected chi connectivity index (χ3v) is 2.71. The number of carboxylic acid groups (broad SMARTS) is 1. The van der Waals surface area contributed by atoms with Gasteiger partial charge < -0.3 is 14.4 Å². The quantitative estimate of drug-likeness (QED) is 0.892. The first-order valence-corrected chi connectivity index (χ1v) is 5.18. The van der Waals surface area contributed by atoms with Crippen LogP contribution in [0.15, 0.2) is 18.2 Å². The minimum atomic E-state index is -1.03. The Morgan fingerprint density at radius 3 is 2.71 bits per heavy atom. The monoisotopic (exact) mass is 237 g/mol. The maximum absolute atomic E-state index is 13.5. The van der Waals surface area contributed by atoms with Gasteiger partial charge in [0.2, 0.25) is 0 Å². The summed E-state index contributed by atoms with van der Waals surface area (Å²) < 4.78 is 20.0. The van der Waals surface area contributed by atoms with E-state index >= 15 is 0 Å². The molecule has 2 rings (SSSR count). The smallest absolute Gasteiger partial charge is 0.352 e. The summed E-state index contributed by atoms with van der Waals surface area (Å²) in [5.74, 6) is -1.41. The summed E-state index contributed by atoms with van der Waals surface area (Å²) in [6.07, 6.45) is 0. The van der Waals surface area contributed by atoms with Gasteiger partial charge in [-0.15, -0.1) is 0 Å². The molecule has 0 amide bonds. The molecule has 1 aromatic carbocycles. The second-order valence-electron chi connectivity index (χ2n) is 3.62. The number of rotatable bonds is 3. The standard InChI is InChI=1S/C12H12FNO3/c1-3-14-9-6-11(17-2)8(13)4-7(9)5-10(14)12(15)16/h4-6H,3H2,1-2H3,(H,15,16). The van der Waals surface area contributed by atoms with Gasteiger partial charge in [0.15, 0.2) is 11.6 Å². The van der Waals surface area contributed by atoms with Crippen LogP contribution in [0.1, 0.15) is 17.4 Å². The summed E-state index contributed by atoms with van der Waals surface area (Å²) in [4.78, 5) is 11.0. The van der Waals surface area contributed by atoms with Gasteiger partial charge in [-0.05, 0) is 19.1 Å². The molecule has 17 heavy (non-hydrogen) atoms.